The largest absolute Gasteiger partial charge is 0.287 e. The van der Waals surface area contributed by atoms with Crippen LogP contribution in [0.4, 0.5) is 0 Å². The Labute approximate surface area is 114 Å². The van der Waals surface area contributed by atoms with Gasteiger partial charge in [-0.25, -0.2) is 0 Å². The lowest BCUT2D eigenvalue weighted by Crippen LogP contribution is -2.08. The van der Waals surface area contributed by atoms with Crippen molar-refractivity contribution in [3.63, 3.8) is 0 Å². The maximum Gasteiger partial charge on any atom is 0.211 e. The van der Waals surface area contributed by atoms with E-state index in [0.29, 0.717) is 5.69 Å². The first kappa shape index (κ1) is 13.5. The number of aromatic nitrogens is 2. The molecule has 0 radical (unpaired) electrons. The molecular weight excluding hydrogens is 236 g/mol. The van der Waals surface area contributed by atoms with E-state index in [1.54, 1.807) is 4.68 Å². The highest BCUT2D eigenvalue weighted by atomic mass is 16.1. The lowest BCUT2D eigenvalue weighted by atomic mass is 10.0. The number of carbonyl (C=O) groups is 1. The molecule has 0 atom stereocenters. The van der Waals surface area contributed by atoms with E-state index in [0.717, 1.165) is 30.5 Å². The van der Waals surface area contributed by atoms with Crippen LogP contribution in [0.1, 0.15) is 47.6 Å². The Balaban J connectivity index is 2.32. The van der Waals surface area contributed by atoms with E-state index in [1.165, 1.54) is 5.56 Å². The minimum Gasteiger partial charge on any atom is -0.287 e. The van der Waals surface area contributed by atoms with E-state index in [4.69, 9.17) is 0 Å². The van der Waals surface area contributed by atoms with Gasteiger partial charge in [0.15, 0.2) is 0 Å². The van der Waals surface area contributed by atoms with Gasteiger partial charge >= 0.3 is 0 Å². The van der Waals surface area contributed by atoms with Crippen molar-refractivity contribution >= 4 is 5.78 Å². The molecule has 100 valence electrons. The van der Waals surface area contributed by atoms with Crippen molar-refractivity contribution in [1.82, 2.24) is 9.78 Å². The fourth-order valence-electron chi connectivity index (χ4n) is 2.22. The lowest BCUT2D eigenvalue weighted by Gasteiger charge is -2.04. The Bertz CT molecular complexity index is 584. The Hall–Kier alpha value is -1.90. The maximum absolute atomic E-state index is 12.5. The van der Waals surface area contributed by atoms with Crippen molar-refractivity contribution in [3.8, 4) is 0 Å². The summed E-state index contributed by atoms with van der Waals surface area (Å²) < 4.78 is 1.67. The van der Waals surface area contributed by atoms with Gasteiger partial charge in [0.05, 0.1) is 5.69 Å². The van der Waals surface area contributed by atoms with Crippen molar-refractivity contribution in [1.29, 1.82) is 0 Å². The molecule has 0 spiro atoms. The summed E-state index contributed by atoms with van der Waals surface area (Å²) in [5.41, 5.74) is 3.57. The topological polar surface area (TPSA) is 34.9 Å². The Morgan fingerprint density at radius 3 is 2.68 bits per heavy atom. The van der Waals surface area contributed by atoms with Gasteiger partial charge in [0, 0.05) is 12.6 Å². The Morgan fingerprint density at radius 1 is 1.26 bits per heavy atom. The Kier molecular flexibility index (Phi) is 4.15. The van der Waals surface area contributed by atoms with E-state index in [1.807, 2.05) is 38.2 Å². The van der Waals surface area contributed by atoms with Crippen LogP contribution in [0.3, 0.4) is 0 Å². The molecule has 0 fully saturated rings. The van der Waals surface area contributed by atoms with Crippen molar-refractivity contribution in [2.75, 3.05) is 0 Å². The van der Waals surface area contributed by atoms with Crippen LogP contribution in [0.5, 0.6) is 0 Å². The zero-order valence-electron chi connectivity index (χ0n) is 11.8. The highest BCUT2D eigenvalue weighted by Gasteiger charge is 2.15. The number of carbonyl (C=O) groups excluding carboxylic acids is 1. The lowest BCUT2D eigenvalue weighted by molar-refractivity contribution is 0.103. The standard InChI is InChI=1S/C16H20N2O/c1-4-7-12-8-6-9-13(10-12)16(19)15-11-14(5-2)17-18(15)3/h6,8-11H,4-5,7H2,1-3H3. The SMILES string of the molecule is CCCc1cccc(C(=O)c2cc(CC)nn2C)c1. The summed E-state index contributed by atoms with van der Waals surface area (Å²) >= 11 is 0. The van der Waals surface area contributed by atoms with Gasteiger partial charge in [0.1, 0.15) is 5.69 Å². The highest BCUT2D eigenvalue weighted by molar-refractivity contribution is 6.08. The van der Waals surface area contributed by atoms with Crippen LogP contribution in [0.25, 0.3) is 0 Å². The van der Waals surface area contributed by atoms with Crippen molar-refractivity contribution in [2.45, 2.75) is 33.1 Å². The van der Waals surface area contributed by atoms with Gasteiger partial charge < -0.3 is 0 Å². The van der Waals surface area contributed by atoms with Crippen LogP contribution < -0.4 is 0 Å². The summed E-state index contributed by atoms with van der Waals surface area (Å²) in [4.78, 5) is 12.5. The highest BCUT2D eigenvalue weighted by Crippen LogP contribution is 2.14. The van der Waals surface area contributed by atoms with E-state index in [-0.39, 0.29) is 5.78 Å². The molecule has 3 nitrogen and oxygen atoms in total. The average molecular weight is 256 g/mol. The van der Waals surface area contributed by atoms with Crippen LogP contribution in [0.2, 0.25) is 0 Å². The third-order valence-corrected chi connectivity index (χ3v) is 3.25. The van der Waals surface area contributed by atoms with Gasteiger partial charge in [-0.3, -0.25) is 9.48 Å². The minimum atomic E-state index is 0.0488. The molecule has 0 bridgehead atoms. The zero-order valence-corrected chi connectivity index (χ0v) is 11.8. The fourth-order valence-corrected chi connectivity index (χ4v) is 2.22. The molecule has 0 aliphatic rings. The molecule has 1 heterocycles. The molecule has 19 heavy (non-hydrogen) atoms. The van der Waals surface area contributed by atoms with Crippen LogP contribution in [-0.4, -0.2) is 15.6 Å². The van der Waals surface area contributed by atoms with Crippen LogP contribution in [-0.2, 0) is 19.9 Å². The zero-order chi connectivity index (χ0) is 13.8. The number of hydrogen-bond donors (Lipinski definition) is 0. The number of ketones is 1. The molecule has 2 aromatic rings. The number of hydrogen-bond acceptors (Lipinski definition) is 2. The first-order chi connectivity index (χ1) is 9.15. The molecule has 2 rings (SSSR count). The molecule has 1 aromatic heterocycles. The quantitative estimate of drug-likeness (QED) is 0.770. The molecule has 0 saturated heterocycles. The summed E-state index contributed by atoms with van der Waals surface area (Å²) in [6.07, 6.45) is 2.94. The van der Waals surface area contributed by atoms with Gasteiger partial charge in [-0.2, -0.15) is 5.10 Å². The second-order valence-corrected chi connectivity index (χ2v) is 4.78. The van der Waals surface area contributed by atoms with Gasteiger partial charge in [-0.05, 0) is 30.5 Å². The van der Waals surface area contributed by atoms with Crippen molar-refractivity contribution < 1.29 is 4.79 Å². The fraction of sp³-hybridized carbons (Fsp3) is 0.375. The Morgan fingerprint density at radius 2 is 2.05 bits per heavy atom. The third-order valence-electron chi connectivity index (χ3n) is 3.25. The van der Waals surface area contributed by atoms with Crippen molar-refractivity contribution in [3.05, 3.63) is 52.8 Å². The molecule has 0 N–H and O–H groups in total. The molecule has 0 aliphatic carbocycles. The minimum absolute atomic E-state index is 0.0488. The summed E-state index contributed by atoms with van der Waals surface area (Å²) in [5.74, 6) is 0.0488. The van der Waals surface area contributed by atoms with Gasteiger partial charge in [-0.15, -0.1) is 0 Å². The van der Waals surface area contributed by atoms with E-state index < -0.39 is 0 Å². The summed E-state index contributed by atoms with van der Waals surface area (Å²) in [6, 6.07) is 9.77. The number of benzene rings is 1. The smallest absolute Gasteiger partial charge is 0.211 e. The van der Waals surface area contributed by atoms with Crippen LogP contribution in [0.15, 0.2) is 30.3 Å². The first-order valence-corrected chi connectivity index (χ1v) is 6.82. The van der Waals surface area contributed by atoms with Gasteiger partial charge in [0.2, 0.25) is 5.78 Å². The summed E-state index contributed by atoms with van der Waals surface area (Å²) in [7, 11) is 1.82. The molecule has 0 aliphatic heterocycles. The number of aryl methyl sites for hydroxylation is 3. The third kappa shape index (κ3) is 2.92. The predicted molar refractivity (Wildman–Crippen MR) is 76.5 cm³/mol. The molecule has 0 amide bonds. The molecule has 0 saturated carbocycles. The van der Waals surface area contributed by atoms with E-state index in [9.17, 15) is 4.79 Å². The summed E-state index contributed by atoms with van der Waals surface area (Å²) in [6.45, 7) is 4.18. The molecule has 3 heteroatoms. The van der Waals surface area contributed by atoms with E-state index in [2.05, 4.69) is 18.1 Å². The average Bonchev–Trinajstić information content (AvgIpc) is 2.80. The summed E-state index contributed by atoms with van der Waals surface area (Å²) in [5, 5.41) is 4.33. The second kappa shape index (κ2) is 5.83. The normalized spacial score (nSPS) is 10.7. The first-order valence-electron chi connectivity index (χ1n) is 6.82. The van der Waals surface area contributed by atoms with Gasteiger partial charge in [0.25, 0.3) is 0 Å². The van der Waals surface area contributed by atoms with Crippen LogP contribution >= 0.6 is 0 Å². The maximum atomic E-state index is 12.5. The number of nitrogens with zero attached hydrogens (tertiary/aromatic N) is 2. The number of rotatable bonds is 5. The van der Waals surface area contributed by atoms with Crippen LogP contribution in [0, 0.1) is 0 Å². The van der Waals surface area contributed by atoms with E-state index >= 15 is 0 Å². The second-order valence-electron chi connectivity index (χ2n) is 4.78. The predicted octanol–water partition coefficient (Wildman–Crippen LogP) is 3.17. The monoisotopic (exact) mass is 256 g/mol. The molecule has 0 unspecified atom stereocenters. The van der Waals surface area contributed by atoms with Crippen molar-refractivity contribution in [2.24, 2.45) is 7.05 Å². The molecule has 1 aromatic carbocycles. The molecular formula is C16H20N2O. The van der Waals surface area contributed by atoms with Gasteiger partial charge in [-0.1, -0.05) is 38.5 Å².